The van der Waals surface area contributed by atoms with Crippen molar-refractivity contribution >= 4 is 5.69 Å². The van der Waals surface area contributed by atoms with E-state index in [0.717, 1.165) is 18.4 Å². The van der Waals surface area contributed by atoms with Crippen LogP contribution in [0.5, 0.6) is 0 Å². The number of para-hydroxylation sites is 1. The van der Waals surface area contributed by atoms with Crippen LogP contribution in [0.25, 0.3) is 0 Å². The van der Waals surface area contributed by atoms with E-state index < -0.39 is 0 Å². The lowest BCUT2D eigenvalue weighted by Crippen LogP contribution is -2.05. The summed E-state index contributed by atoms with van der Waals surface area (Å²) >= 11 is 0. The van der Waals surface area contributed by atoms with E-state index in [2.05, 4.69) is 56.4 Å². The van der Waals surface area contributed by atoms with Crippen LogP contribution in [0.1, 0.15) is 52.9 Å². The van der Waals surface area contributed by atoms with Crippen molar-refractivity contribution in [2.45, 2.75) is 52.9 Å². The second-order valence-corrected chi connectivity index (χ2v) is 5.64. The van der Waals surface area contributed by atoms with Crippen molar-refractivity contribution in [3.05, 3.63) is 30.3 Å². The number of anilines is 1. The summed E-state index contributed by atoms with van der Waals surface area (Å²) in [6.45, 7) is 8.16. The van der Waals surface area contributed by atoms with E-state index >= 15 is 0 Å². The standard InChI is InChI=1S/C17H29N/c1-4-15(2)14-16(3)10-8-9-13-18-17-11-6-5-7-12-17/h5-7,11-12,15-16,18H,4,8-10,13-14H2,1-3H3. The third kappa shape index (κ3) is 6.68. The maximum Gasteiger partial charge on any atom is 0.0340 e. The molecule has 102 valence electrons. The summed E-state index contributed by atoms with van der Waals surface area (Å²) < 4.78 is 0. The molecule has 1 aromatic carbocycles. The summed E-state index contributed by atoms with van der Waals surface area (Å²) in [6.07, 6.45) is 6.71. The molecule has 1 aromatic rings. The van der Waals surface area contributed by atoms with Crippen LogP contribution in [-0.2, 0) is 0 Å². The molecule has 0 spiro atoms. The first-order valence-electron chi connectivity index (χ1n) is 7.51. The van der Waals surface area contributed by atoms with Gasteiger partial charge < -0.3 is 5.32 Å². The van der Waals surface area contributed by atoms with Gasteiger partial charge in [0.15, 0.2) is 0 Å². The number of rotatable bonds is 9. The molecule has 1 N–H and O–H groups in total. The van der Waals surface area contributed by atoms with Crippen molar-refractivity contribution < 1.29 is 0 Å². The summed E-state index contributed by atoms with van der Waals surface area (Å²) in [5.41, 5.74) is 1.24. The molecular weight excluding hydrogens is 218 g/mol. The molecular formula is C17H29N. The Morgan fingerprint density at radius 2 is 1.72 bits per heavy atom. The Bertz CT molecular complexity index is 294. The third-order valence-electron chi connectivity index (χ3n) is 3.73. The lowest BCUT2D eigenvalue weighted by molar-refractivity contribution is 0.378. The highest BCUT2D eigenvalue weighted by Crippen LogP contribution is 2.19. The van der Waals surface area contributed by atoms with Crippen molar-refractivity contribution in [2.75, 3.05) is 11.9 Å². The Morgan fingerprint density at radius 1 is 1.00 bits per heavy atom. The van der Waals surface area contributed by atoms with Gasteiger partial charge in [-0.25, -0.2) is 0 Å². The van der Waals surface area contributed by atoms with Gasteiger partial charge in [-0.05, 0) is 36.8 Å². The van der Waals surface area contributed by atoms with Crippen molar-refractivity contribution in [1.29, 1.82) is 0 Å². The minimum atomic E-state index is 0.886. The van der Waals surface area contributed by atoms with Crippen LogP contribution in [-0.4, -0.2) is 6.54 Å². The predicted octanol–water partition coefficient (Wildman–Crippen LogP) is 5.34. The Hall–Kier alpha value is -0.980. The average Bonchev–Trinajstić information content (AvgIpc) is 2.39. The van der Waals surface area contributed by atoms with Gasteiger partial charge in [0, 0.05) is 12.2 Å². The molecule has 0 aliphatic heterocycles. The number of hydrogen-bond donors (Lipinski definition) is 1. The first kappa shape index (κ1) is 15.1. The number of nitrogens with one attached hydrogen (secondary N) is 1. The number of unbranched alkanes of at least 4 members (excludes halogenated alkanes) is 1. The Labute approximate surface area is 113 Å². The molecule has 0 aromatic heterocycles. The molecule has 0 aliphatic rings. The Kier molecular flexibility index (Phi) is 7.55. The summed E-state index contributed by atoms with van der Waals surface area (Å²) in [4.78, 5) is 0. The predicted molar refractivity (Wildman–Crippen MR) is 82.0 cm³/mol. The first-order valence-corrected chi connectivity index (χ1v) is 7.51. The van der Waals surface area contributed by atoms with E-state index in [1.165, 1.54) is 37.8 Å². The highest BCUT2D eigenvalue weighted by Gasteiger charge is 2.06. The maximum atomic E-state index is 3.47. The van der Waals surface area contributed by atoms with Crippen LogP contribution < -0.4 is 5.32 Å². The van der Waals surface area contributed by atoms with Crippen LogP contribution in [0.3, 0.4) is 0 Å². The highest BCUT2D eigenvalue weighted by molar-refractivity contribution is 5.42. The summed E-state index contributed by atoms with van der Waals surface area (Å²) in [5, 5.41) is 3.47. The quantitative estimate of drug-likeness (QED) is 0.581. The number of benzene rings is 1. The first-order chi connectivity index (χ1) is 8.72. The van der Waals surface area contributed by atoms with Gasteiger partial charge in [0.1, 0.15) is 0 Å². The maximum absolute atomic E-state index is 3.47. The van der Waals surface area contributed by atoms with Gasteiger partial charge in [-0.2, -0.15) is 0 Å². The van der Waals surface area contributed by atoms with E-state index in [4.69, 9.17) is 0 Å². The molecule has 0 saturated heterocycles. The topological polar surface area (TPSA) is 12.0 Å². The van der Waals surface area contributed by atoms with Crippen molar-refractivity contribution in [2.24, 2.45) is 11.8 Å². The lowest BCUT2D eigenvalue weighted by Gasteiger charge is -2.15. The van der Waals surface area contributed by atoms with Crippen molar-refractivity contribution in [1.82, 2.24) is 0 Å². The smallest absolute Gasteiger partial charge is 0.0340 e. The van der Waals surface area contributed by atoms with Gasteiger partial charge in [-0.1, -0.05) is 58.2 Å². The molecule has 1 nitrogen and oxygen atoms in total. The fourth-order valence-electron chi connectivity index (χ4n) is 2.38. The fraction of sp³-hybridized carbons (Fsp3) is 0.647. The van der Waals surface area contributed by atoms with Crippen LogP contribution in [0.15, 0.2) is 30.3 Å². The van der Waals surface area contributed by atoms with Crippen LogP contribution in [0, 0.1) is 11.8 Å². The van der Waals surface area contributed by atoms with E-state index in [1.54, 1.807) is 0 Å². The Morgan fingerprint density at radius 3 is 2.39 bits per heavy atom. The van der Waals surface area contributed by atoms with Gasteiger partial charge in [0.25, 0.3) is 0 Å². The molecule has 2 unspecified atom stereocenters. The third-order valence-corrected chi connectivity index (χ3v) is 3.73. The van der Waals surface area contributed by atoms with Gasteiger partial charge in [0.05, 0.1) is 0 Å². The van der Waals surface area contributed by atoms with Crippen LogP contribution in [0.4, 0.5) is 5.69 Å². The largest absolute Gasteiger partial charge is 0.385 e. The molecule has 0 fully saturated rings. The zero-order valence-corrected chi connectivity index (χ0v) is 12.3. The molecule has 1 rings (SSSR count). The van der Waals surface area contributed by atoms with E-state index in [0.29, 0.717) is 0 Å². The van der Waals surface area contributed by atoms with Crippen molar-refractivity contribution in [3.63, 3.8) is 0 Å². The molecule has 0 amide bonds. The molecule has 18 heavy (non-hydrogen) atoms. The molecule has 1 heteroatoms. The molecule has 2 atom stereocenters. The lowest BCUT2D eigenvalue weighted by atomic mass is 9.92. The second-order valence-electron chi connectivity index (χ2n) is 5.64. The van der Waals surface area contributed by atoms with Crippen LogP contribution >= 0.6 is 0 Å². The normalized spacial score (nSPS) is 14.2. The zero-order valence-electron chi connectivity index (χ0n) is 12.3. The van der Waals surface area contributed by atoms with E-state index in [-0.39, 0.29) is 0 Å². The molecule has 0 bridgehead atoms. The minimum absolute atomic E-state index is 0.886. The van der Waals surface area contributed by atoms with Crippen LogP contribution in [0.2, 0.25) is 0 Å². The van der Waals surface area contributed by atoms with Gasteiger partial charge >= 0.3 is 0 Å². The summed E-state index contributed by atoms with van der Waals surface area (Å²) in [7, 11) is 0. The zero-order chi connectivity index (χ0) is 13.2. The van der Waals surface area contributed by atoms with E-state index in [1.807, 2.05) is 0 Å². The van der Waals surface area contributed by atoms with E-state index in [9.17, 15) is 0 Å². The highest BCUT2D eigenvalue weighted by atomic mass is 14.9. The van der Waals surface area contributed by atoms with Crippen molar-refractivity contribution in [3.8, 4) is 0 Å². The Balaban J connectivity index is 2.02. The molecule has 0 saturated carbocycles. The SMILES string of the molecule is CCC(C)CC(C)CCCCNc1ccccc1. The monoisotopic (exact) mass is 247 g/mol. The van der Waals surface area contributed by atoms with Gasteiger partial charge in [0.2, 0.25) is 0 Å². The molecule has 0 radical (unpaired) electrons. The molecule has 0 heterocycles. The summed E-state index contributed by atoms with van der Waals surface area (Å²) in [5.74, 6) is 1.78. The van der Waals surface area contributed by atoms with Gasteiger partial charge in [-0.15, -0.1) is 0 Å². The number of hydrogen-bond acceptors (Lipinski definition) is 1. The van der Waals surface area contributed by atoms with Gasteiger partial charge in [-0.3, -0.25) is 0 Å². The molecule has 0 aliphatic carbocycles. The fourth-order valence-corrected chi connectivity index (χ4v) is 2.38. The second kappa shape index (κ2) is 9.02. The average molecular weight is 247 g/mol. The summed E-state index contributed by atoms with van der Waals surface area (Å²) in [6, 6.07) is 10.5. The minimum Gasteiger partial charge on any atom is -0.385 e.